The fraction of sp³-hybridized carbons (Fsp3) is 0. The van der Waals surface area contributed by atoms with Crippen molar-refractivity contribution in [3.05, 3.63) is 193 Å². The lowest BCUT2D eigenvalue weighted by Gasteiger charge is -2.22. The first-order valence-corrected chi connectivity index (χ1v) is 17.2. The highest BCUT2D eigenvalue weighted by molar-refractivity contribution is 6.27. The molecule has 0 fully saturated rings. The topological polar surface area (TPSA) is 13.1 Å². The van der Waals surface area contributed by atoms with Crippen molar-refractivity contribution in [2.24, 2.45) is 0 Å². The highest BCUT2D eigenvalue weighted by Crippen LogP contribution is 2.49. The number of para-hydroxylation sites is 1. The highest BCUT2D eigenvalue weighted by atomic mass is 16.3. The Kier molecular flexibility index (Phi) is 2.69. The Morgan fingerprint density at radius 1 is 0.281 bits per heavy atom. The molecule has 1 aromatic heterocycles. The molecule has 57 heavy (non-hydrogen) atoms. The Balaban J connectivity index is 1.42. The van der Waals surface area contributed by atoms with Gasteiger partial charge in [-0.05, 0) is 139 Å². The maximum Gasteiger partial charge on any atom is 0.135 e. The summed E-state index contributed by atoms with van der Waals surface area (Å²) in [6.45, 7) is 0. The monoisotopic (exact) mass is 752 g/mol. The highest BCUT2D eigenvalue weighted by Gasteiger charge is 2.22. The van der Waals surface area contributed by atoms with Crippen molar-refractivity contribution in [3.63, 3.8) is 0 Å². The molecule has 1 heteroatoms. The minimum Gasteiger partial charge on any atom is -0.456 e. The Hall–Kier alpha value is -7.48. The quantitative estimate of drug-likeness (QED) is 0.163. The van der Waals surface area contributed by atoms with E-state index in [1.54, 1.807) is 0 Å². The van der Waals surface area contributed by atoms with Crippen LogP contribution in [0.15, 0.2) is 198 Å². The molecular formula is C56H32O. The fourth-order valence-electron chi connectivity index (χ4n) is 7.58. The van der Waals surface area contributed by atoms with Gasteiger partial charge in [-0.25, -0.2) is 0 Å². The fourth-order valence-corrected chi connectivity index (χ4v) is 7.58. The standard InChI is InChI=1S/C56H32O/c1-2-8-33(9-3-1)54-47(40-24-29-51-48(30-40)44-14-4-5-15-50(44)57-51)31-41(42-25-20-38-18-16-34-10-6-12-36-22-27-45(42)55(38)52(34)36)32-49(54)43-26-21-39-19-17-35-11-7-13-37-23-28-46(43)56(39)53(35)37/h1-32H/i1D,2D,3D,4D,5D,6D,7D,8D,9D,10D,11D,12D,13D,14D,15D,16D,17D,18D,19D,20D,21D,22D,23D,24D,25D,26D,27D,28D,29D,30D,31D,32D. The van der Waals surface area contributed by atoms with E-state index >= 15 is 0 Å². The first-order valence-electron chi connectivity index (χ1n) is 33.2. The van der Waals surface area contributed by atoms with E-state index in [4.69, 9.17) is 25.0 Å². The minimum atomic E-state index is -1.26. The molecule has 0 saturated carbocycles. The van der Waals surface area contributed by atoms with Crippen LogP contribution in [0.4, 0.5) is 0 Å². The van der Waals surface area contributed by atoms with E-state index in [1.807, 2.05) is 0 Å². The van der Waals surface area contributed by atoms with Crippen molar-refractivity contribution in [2.45, 2.75) is 0 Å². The van der Waals surface area contributed by atoms with Crippen LogP contribution in [-0.4, -0.2) is 0 Å². The molecule has 0 aliphatic rings. The average molecular weight is 753 g/mol. The van der Waals surface area contributed by atoms with Gasteiger partial charge in [-0.3, -0.25) is 0 Å². The molecule has 0 radical (unpaired) electrons. The van der Waals surface area contributed by atoms with Crippen LogP contribution in [-0.2, 0) is 0 Å². The molecule has 13 rings (SSSR count). The number of rotatable bonds is 4. The van der Waals surface area contributed by atoms with Gasteiger partial charge in [0.25, 0.3) is 0 Å². The molecule has 1 heterocycles. The Morgan fingerprint density at radius 2 is 0.807 bits per heavy atom. The van der Waals surface area contributed by atoms with Gasteiger partial charge in [0.2, 0.25) is 0 Å². The van der Waals surface area contributed by atoms with Crippen molar-refractivity contribution in [3.8, 4) is 44.5 Å². The predicted octanol–water partition coefficient (Wildman–Crippen LogP) is 16.0. The van der Waals surface area contributed by atoms with Crippen molar-refractivity contribution in [1.82, 2.24) is 0 Å². The van der Waals surface area contributed by atoms with Gasteiger partial charge in [0.15, 0.2) is 0 Å². The number of furan rings is 1. The summed E-state index contributed by atoms with van der Waals surface area (Å²) in [6, 6.07) is -31.3. The summed E-state index contributed by atoms with van der Waals surface area (Å²) >= 11 is 0. The molecular weight excluding hydrogens is 689 g/mol. The molecule has 0 aliphatic carbocycles. The lowest BCUT2D eigenvalue weighted by Crippen LogP contribution is -1.95. The van der Waals surface area contributed by atoms with Crippen LogP contribution in [0.1, 0.15) is 43.9 Å². The zero-order valence-electron chi connectivity index (χ0n) is 60.4. The van der Waals surface area contributed by atoms with Gasteiger partial charge in [-0.2, -0.15) is 0 Å². The third-order valence-electron chi connectivity index (χ3n) is 10.0. The van der Waals surface area contributed by atoms with E-state index in [-0.39, 0.29) is 0 Å². The molecule has 0 N–H and O–H groups in total. The van der Waals surface area contributed by atoms with Crippen LogP contribution >= 0.6 is 0 Å². The SMILES string of the molecule is [2H]c1c([2H])c([2H])c(-c2c(-c3c([2H])c([2H])c4oc5c([2H])c([2H])c([2H])c([2H])c5c4c3[2H])c([2H])c(-c3c([2H])c([2H])c4c([2H])c([2H])c5c([2H])c([2H])c([2H])c6c([2H])c([2H])c3c4c56)c([2H])c2-c2c([2H])c([2H])c3c([2H])c([2H])c4c([2H])c([2H])c([2H])c5c([2H])c([2H])c2c3c45)c([2H])c1[2H]. The zero-order valence-corrected chi connectivity index (χ0v) is 28.4. The van der Waals surface area contributed by atoms with E-state index in [2.05, 4.69) is 0 Å². The largest absolute Gasteiger partial charge is 0.456 e. The molecule has 0 aliphatic heterocycles. The van der Waals surface area contributed by atoms with Crippen LogP contribution < -0.4 is 0 Å². The number of fused-ring (bicyclic) bond motifs is 3. The van der Waals surface area contributed by atoms with E-state index in [1.165, 1.54) is 0 Å². The van der Waals surface area contributed by atoms with Gasteiger partial charge < -0.3 is 4.42 Å². The van der Waals surface area contributed by atoms with Crippen LogP contribution in [0.3, 0.4) is 0 Å². The maximum atomic E-state index is 10.7. The summed E-state index contributed by atoms with van der Waals surface area (Å²) in [5.41, 5.74) is -9.49. The average Bonchev–Trinajstić information content (AvgIpc) is 1.11. The van der Waals surface area contributed by atoms with Crippen molar-refractivity contribution >= 4 is 86.6 Å². The first-order chi connectivity index (χ1) is 41.6. The number of hydrogen-bond acceptors (Lipinski definition) is 1. The smallest absolute Gasteiger partial charge is 0.135 e. The van der Waals surface area contributed by atoms with E-state index < -0.39 is 324 Å². The van der Waals surface area contributed by atoms with Gasteiger partial charge >= 0.3 is 0 Å². The van der Waals surface area contributed by atoms with Crippen molar-refractivity contribution < 1.29 is 48.3 Å². The molecule has 0 bridgehead atoms. The Bertz CT molecular complexity index is 5550. The Labute approximate surface area is 373 Å². The van der Waals surface area contributed by atoms with Crippen molar-refractivity contribution in [2.75, 3.05) is 0 Å². The predicted molar refractivity (Wildman–Crippen MR) is 243 cm³/mol. The minimum absolute atomic E-state index is 0.422. The molecule has 0 atom stereocenters. The van der Waals surface area contributed by atoms with Crippen LogP contribution in [0, 0.1) is 0 Å². The zero-order chi connectivity index (χ0) is 65.0. The Morgan fingerprint density at radius 3 is 1.49 bits per heavy atom. The third-order valence-corrected chi connectivity index (χ3v) is 10.0. The molecule has 0 unspecified atom stereocenters. The maximum absolute atomic E-state index is 10.7. The van der Waals surface area contributed by atoms with Gasteiger partial charge in [0, 0.05) is 10.8 Å². The van der Waals surface area contributed by atoms with E-state index in [0.717, 1.165) is 0 Å². The van der Waals surface area contributed by atoms with Crippen LogP contribution in [0.25, 0.3) is 131 Å². The molecule has 0 amide bonds. The summed E-state index contributed by atoms with van der Waals surface area (Å²) in [5.74, 6) is 0. The second-order valence-corrected chi connectivity index (χ2v) is 13.0. The molecule has 0 spiro atoms. The molecule has 12 aromatic carbocycles. The number of hydrogen-bond donors (Lipinski definition) is 0. The lowest BCUT2D eigenvalue weighted by molar-refractivity contribution is 0.669. The van der Waals surface area contributed by atoms with Crippen LogP contribution in [0.2, 0.25) is 0 Å². The normalized spacial score (nSPS) is 20.1. The van der Waals surface area contributed by atoms with Gasteiger partial charge in [0.05, 0.1) is 43.9 Å². The first kappa shape index (κ1) is 13.3. The summed E-state index contributed by atoms with van der Waals surface area (Å²) < 4.78 is 306. The summed E-state index contributed by atoms with van der Waals surface area (Å²) in [7, 11) is 0. The van der Waals surface area contributed by atoms with Crippen LogP contribution in [0.5, 0.6) is 0 Å². The summed E-state index contributed by atoms with van der Waals surface area (Å²) in [6.07, 6.45) is 0. The van der Waals surface area contributed by atoms with E-state index in [9.17, 15) is 23.3 Å². The molecule has 262 valence electrons. The molecule has 13 aromatic rings. The van der Waals surface area contributed by atoms with Gasteiger partial charge in [0.1, 0.15) is 11.2 Å². The summed E-state index contributed by atoms with van der Waals surface area (Å²) in [4.78, 5) is 0. The van der Waals surface area contributed by atoms with Crippen molar-refractivity contribution in [1.29, 1.82) is 0 Å². The molecule has 0 saturated heterocycles. The third kappa shape index (κ3) is 4.40. The lowest BCUT2D eigenvalue weighted by atomic mass is 9.81. The summed E-state index contributed by atoms with van der Waals surface area (Å²) in [5, 5.41) is -8.00. The number of benzene rings is 12. The van der Waals surface area contributed by atoms with Gasteiger partial charge in [-0.15, -0.1) is 0 Å². The van der Waals surface area contributed by atoms with Gasteiger partial charge in [-0.1, -0.05) is 163 Å². The second-order valence-electron chi connectivity index (χ2n) is 13.0. The second kappa shape index (κ2) is 11.5. The van der Waals surface area contributed by atoms with E-state index in [0.29, 0.717) is 0 Å². The molecule has 1 nitrogen and oxygen atoms in total.